The van der Waals surface area contributed by atoms with Gasteiger partial charge in [0, 0.05) is 23.4 Å². The van der Waals surface area contributed by atoms with Crippen molar-refractivity contribution in [1.29, 1.82) is 0 Å². The molecule has 0 spiro atoms. The van der Waals surface area contributed by atoms with Crippen LogP contribution >= 0.6 is 0 Å². The summed E-state index contributed by atoms with van der Waals surface area (Å²) in [5.74, 6) is 0.831. The first-order valence-corrected chi connectivity index (χ1v) is 8.22. The molecule has 1 aliphatic heterocycles. The Balaban J connectivity index is 1.83. The van der Waals surface area contributed by atoms with Crippen LogP contribution in [-0.4, -0.2) is 52.4 Å². The third kappa shape index (κ3) is 3.14. The van der Waals surface area contributed by atoms with Crippen molar-refractivity contribution in [2.24, 2.45) is 0 Å². The fourth-order valence-corrected chi connectivity index (χ4v) is 3.26. The van der Waals surface area contributed by atoms with Crippen LogP contribution < -0.4 is 4.74 Å². The van der Waals surface area contributed by atoms with Crippen LogP contribution in [0.5, 0.6) is 5.75 Å². The van der Waals surface area contributed by atoms with Crippen molar-refractivity contribution in [1.82, 2.24) is 15.1 Å². The van der Waals surface area contributed by atoms with Gasteiger partial charge in [-0.05, 0) is 44.0 Å². The first-order chi connectivity index (χ1) is 11.6. The minimum atomic E-state index is -0.0471. The molecule has 0 radical (unpaired) electrons. The minimum Gasteiger partial charge on any atom is -0.497 e. The van der Waals surface area contributed by atoms with Gasteiger partial charge in [-0.25, -0.2) is 0 Å². The molecular weight excluding hydrogens is 306 g/mol. The summed E-state index contributed by atoms with van der Waals surface area (Å²) in [5.41, 5.74) is 3.55. The number of nitrogens with zero attached hydrogens (tertiary/aromatic N) is 2. The molecule has 1 aromatic heterocycles. The molecule has 24 heavy (non-hydrogen) atoms. The highest BCUT2D eigenvalue weighted by molar-refractivity contribution is 5.82. The number of amides is 1. The fraction of sp³-hybridized carbons (Fsp3) is 0.444. The Kier molecular flexibility index (Phi) is 4.85. The van der Waals surface area contributed by atoms with Crippen molar-refractivity contribution in [3.8, 4) is 17.0 Å². The van der Waals surface area contributed by atoms with Crippen molar-refractivity contribution in [3.63, 3.8) is 0 Å². The Morgan fingerprint density at radius 3 is 2.83 bits per heavy atom. The van der Waals surface area contributed by atoms with Gasteiger partial charge in [-0.15, -0.1) is 0 Å². The average Bonchev–Trinajstić information content (AvgIpc) is 3.22. The maximum Gasteiger partial charge on any atom is 0.227 e. The zero-order valence-electron chi connectivity index (χ0n) is 14.1. The number of aliphatic hydroxyl groups is 1. The van der Waals surface area contributed by atoms with Gasteiger partial charge in [-0.1, -0.05) is 0 Å². The normalized spacial score (nSPS) is 17.3. The third-order valence-corrected chi connectivity index (χ3v) is 4.67. The number of methoxy groups -OCH3 is 1. The number of hydrogen-bond donors (Lipinski definition) is 2. The molecule has 0 aliphatic carbocycles. The van der Waals surface area contributed by atoms with Gasteiger partial charge < -0.3 is 14.7 Å². The number of nitrogens with one attached hydrogen (secondary N) is 1. The summed E-state index contributed by atoms with van der Waals surface area (Å²) in [5, 5.41) is 16.8. The third-order valence-electron chi connectivity index (χ3n) is 4.67. The second kappa shape index (κ2) is 7.05. The molecule has 0 bridgehead atoms. The zero-order valence-corrected chi connectivity index (χ0v) is 14.1. The minimum absolute atomic E-state index is 0.0292. The van der Waals surface area contributed by atoms with Gasteiger partial charge in [-0.3, -0.25) is 9.89 Å². The molecule has 3 rings (SSSR count). The second-order valence-electron chi connectivity index (χ2n) is 6.15. The highest BCUT2D eigenvalue weighted by Crippen LogP contribution is 2.27. The molecule has 2 aromatic rings. The first kappa shape index (κ1) is 16.5. The Hall–Kier alpha value is -2.34. The number of benzene rings is 1. The van der Waals surface area contributed by atoms with Crippen LogP contribution in [0.25, 0.3) is 11.3 Å². The number of aryl methyl sites for hydroxylation is 1. The van der Waals surface area contributed by atoms with Crippen molar-refractivity contribution < 1.29 is 14.6 Å². The molecule has 2 N–H and O–H groups in total. The summed E-state index contributed by atoms with van der Waals surface area (Å²) in [6.45, 7) is 2.68. The van der Waals surface area contributed by atoms with Crippen LogP contribution in [0.2, 0.25) is 0 Å². The summed E-state index contributed by atoms with van der Waals surface area (Å²) in [7, 11) is 1.63. The molecule has 0 unspecified atom stereocenters. The molecule has 128 valence electrons. The van der Waals surface area contributed by atoms with Gasteiger partial charge in [0.25, 0.3) is 0 Å². The maximum absolute atomic E-state index is 12.7. The van der Waals surface area contributed by atoms with E-state index < -0.39 is 0 Å². The highest BCUT2D eigenvalue weighted by atomic mass is 16.5. The van der Waals surface area contributed by atoms with E-state index in [9.17, 15) is 9.90 Å². The van der Waals surface area contributed by atoms with Crippen LogP contribution in [-0.2, 0) is 11.2 Å². The summed E-state index contributed by atoms with van der Waals surface area (Å²) >= 11 is 0. The van der Waals surface area contributed by atoms with Crippen LogP contribution in [0.15, 0.2) is 24.3 Å². The highest BCUT2D eigenvalue weighted by Gasteiger charge is 2.29. The van der Waals surface area contributed by atoms with E-state index in [0.717, 1.165) is 47.7 Å². The topological polar surface area (TPSA) is 78.5 Å². The number of carbonyl (C=O) groups excluding carboxylic acids is 1. The number of aromatic nitrogens is 2. The zero-order chi connectivity index (χ0) is 17.1. The number of ether oxygens (including phenoxy) is 1. The quantitative estimate of drug-likeness (QED) is 0.878. The number of aliphatic hydroxyl groups excluding tert-OH is 1. The molecule has 2 heterocycles. The van der Waals surface area contributed by atoms with Crippen LogP contribution in [0.4, 0.5) is 0 Å². The monoisotopic (exact) mass is 329 g/mol. The lowest BCUT2D eigenvalue weighted by molar-refractivity contribution is -0.132. The number of aromatic amines is 1. The lowest BCUT2D eigenvalue weighted by Gasteiger charge is -2.23. The smallest absolute Gasteiger partial charge is 0.227 e. The Morgan fingerprint density at radius 2 is 2.17 bits per heavy atom. The van der Waals surface area contributed by atoms with Gasteiger partial charge >= 0.3 is 0 Å². The van der Waals surface area contributed by atoms with Crippen molar-refractivity contribution in [3.05, 3.63) is 35.5 Å². The molecule has 1 fully saturated rings. The van der Waals surface area contributed by atoms with E-state index in [1.807, 2.05) is 31.2 Å². The van der Waals surface area contributed by atoms with Gasteiger partial charge in [0.15, 0.2) is 0 Å². The Bertz CT molecular complexity index is 709. The molecule has 1 aromatic carbocycles. The molecule has 1 aliphatic rings. The van der Waals surface area contributed by atoms with E-state index in [1.54, 1.807) is 12.0 Å². The van der Waals surface area contributed by atoms with Crippen molar-refractivity contribution in [2.75, 3.05) is 20.3 Å². The van der Waals surface area contributed by atoms with Gasteiger partial charge in [0.05, 0.1) is 31.9 Å². The number of rotatable bonds is 5. The van der Waals surface area contributed by atoms with Gasteiger partial charge in [0.1, 0.15) is 5.75 Å². The predicted molar refractivity (Wildman–Crippen MR) is 90.8 cm³/mol. The van der Waals surface area contributed by atoms with E-state index in [4.69, 9.17) is 4.74 Å². The maximum atomic E-state index is 12.7. The number of hydrogen-bond acceptors (Lipinski definition) is 4. The molecule has 1 amide bonds. The number of likely N-dealkylation sites (tertiary alicyclic amines) is 1. The average molecular weight is 329 g/mol. The second-order valence-corrected chi connectivity index (χ2v) is 6.15. The summed E-state index contributed by atoms with van der Waals surface area (Å²) in [6.07, 6.45) is 2.12. The Morgan fingerprint density at radius 1 is 1.42 bits per heavy atom. The fourth-order valence-electron chi connectivity index (χ4n) is 3.26. The van der Waals surface area contributed by atoms with Gasteiger partial charge in [-0.2, -0.15) is 5.10 Å². The van der Waals surface area contributed by atoms with Crippen LogP contribution in [0.3, 0.4) is 0 Å². The summed E-state index contributed by atoms with van der Waals surface area (Å²) in [6, 6.07) is 7.60. The van der Waals surface area contributed by atoms with E-state index in [2.05, 4.69) is 10.2 Å². The summed E-state index contributed by atoms with van der Waals surface area (Å²) < 4.78 is 5.18. The lowest BCUT2D eigenvalue weighted by Crippen LogP contribution is -2.38. The standard InChI is InChI=1S/C18H23N3O3/c1-12-16(10-17(23)21-9-3-4-14(21)11-22)18(20-19-12)13-5-7-15(24-2)8-6-13/h5-8,14,22H,3-4,9-11H2,1-2H3,(H,19,20)/t14-/m1/s1. The SMILES string of the molecule is COc1ccc(-c2n[nH]c(C)c2CC(=O)N2CCC[C@@H]2CO)cc1. The number of H-pyrrole nitrogens is 1. The van der Waals surface area contributed by atoms with Crippen molar-refractivity contribution >= 4 is 5.91 Å². The van der Waals surface area contributed by atoms with Crippen LogP contribution in [0, 0.1) is 6.92 Å². The van der Waals surface area contributed by atoms with E-state index >= 15 is 0 Å². The molecular formula is C18H23N3O3. The molecule has 6 nitrogen and oxygen atoms in total. The predicted octanol–water partition coefficient (Wildman–Crippen LogP) is 1.92. The molecule has 0 saturated carbocycles. The first-order valence-electron chi connectivity index (χ1n) is 8.22. The largest absolute Gasteiger partial charge is 0.497 e. The van der Waals surface area contributed by atoms with E-state index in [1.165, 1.54) is 0 Å². The molecule has 1 atom stereocenters. The number of carbonyl (C=O) groups is 1. The molecule has 6 heteroatoms. The lowest BCUT2D eigenvalue weighted by atomic mass is 10.0. The van der Waals surface area contributed by atoms with Crippen LogP contribution in [0.1, 0.15) is 24.1 Å². The van der Waals surface area contributed by atoms with Gasteiger partial charge in [0.2, 0.25) is 5.91 Å². The van der Waals surface area contributed by atoms with E-state index in [0.29, 0.717) is 6.42 Å². The van der Waals surface area contributed by atoms with Crippen molar-refractivity contribution in [2.45, 2.75) is 32.2 Å². The summed E-state index contributed by atoms with van der Waals surface area (Å²) in [4.78, 5) is 14.5. The molecule has 1 saturated heterocycles. The van der Waals surface area contributed by atoms with E-state index in [-0.39, 0.29) is 18.6 Å². The Labute approximate surface area is 141 Å².